The molecule has 1 aromatic carbocycles. The molecule has 0 unspecified atom stereocenters. The molecule has 1 aromatic rings. The Kier molecular flexibility index (Phi) is 5.32. The Bertz CT molecular complexity index is 748. The molecular weight excluding hydrogens is 330 g/mol. The number of carbonyl (C=O) groups is 2. The van der Waals surface area contributed by atoms with E-state index in [9.17, 15) is 18.0 Å². The summed E-state index contributed by atoms with van der Waals surface area (Å²) in [5.41, 5.74) is -0.125. The molecule has 132 valence electrons. The molecule has 1 aliphatic carbocycles. The molecule has 0 saturated heterocycles. The van der Waals surface area contributed by atoms with E-state index in [0.29, 0.717) is 18.4 Å². The fourth-order valence-corrected chi connectivity index (χ4v) is 3.74. The molecule has 1 saturated carbocycles. The Balaban J connectivity index is 2.35. The minimum absolute atomic E-state index is 0.0778. The lowest BCUT2D eigenvalue weighted by Crippen LogP contribution is -2.56. The summed E-state index contributed by atoms with van der Waals surface area (Å²) in [6, 6.07) is 4.42. The van der Waals surface area contributed by atoms with Crippen molar-refractivity contribution in [2.24, 2.45) is 0 Å². The van der Waals surface area contributed by atoms with Crippen molar-refractivity contribution >= 4 is 21.7 Å². The molecule has 0 aliphatic heterocycles. The van der Waals surface area contributed by atoms with Gasteiger partial charge in [-0.3, -0.25) is 4.79 Å². The molecule has 0 radical (unpaired) electrons. The largest absolute Gasteiger partial charge is 0.467 e. The van der Waals surface area contributed by atoms with Crippen LogP contribution in [0.1, 0.15) is 48.0 Å². The molecular formula is C17H23NO5S. The first-order valence-corrected chi connectivity index (χ1v) is 9.80. The molecule has 1 N–H and O–H groups in total. The van der Waals surface area contributed by atoms with Crippen molar-refractivity contribution in [3.05, 3.63) is 29.3 Å². The van der Waals surface area contributed by atoms with Gasteiger partial charge in [-0.1, -0.05) is 25.3 Å². The highest BCUT2D eigenvalue weighted by Crippen LogP contribution is 2.30. The van der Waals surface area contributed by atoms with E-state index < -0.39 is 27.3 Å². The van der Waals surface area contributed by atoms with Gasteiger partial charge in [0.15, 0.2) is 9.84 Å². The molecule has 6 nitrogen and oxygen atoms in total. The fraction of sp³-hybridized carbons (Fsp3) is 0.529. The van der Waals surface area contributed by atoms with E-state index in [0.717, 1.165) is 25.5 Å². The third-order valence-corrected chi connectivity index (χ3v) is 5.63. The number of amides is 1. The number of methoxy groups -OCH3 is 1. The Hall–Kier alpha value is -1.89. The van der Waals surface area contributed by atoms with Crippen LogP contribution in [0, 0.1) is 6.92 Å². The summed E-state index contributed by atoms with van der Waals surface area (Å²) >= 11 is 0. The molecule has 24 heavy (non-hydrogen) atoms. The van der Waals surface area contributed by atoms with Gasteiger partial charge in [-0.25, -0.2) is 13.2 Å². The predicted octanol–water partition coefficient (Wildman–Crippen LogP) is 2.00. The SMILES string of the molecule is COC(=O)C1(NC(=O)c2cc(S(C)(=O)=O)ccc2C)CCCCC1. The Morgan fingerprint density at radius 2 is 1.79 bits per heavy atom. The molecule has 1 aliphatic rings. The standard InChI is InChI=1S/C17H23NO5S/c1-12-7-8-13(24(3,21)22)11-14(12)15(19)18-17(16(20)23-2)9-5-4-6-10-17/h7-8,11H,4-6,9-10H2,1-3H3,(H,18,19). The highest BCUT2D eigenvalue weighted by Gasteiger charge is 2.42. The summed E-state index contributed by atoms with van der Waals surface area (Å²) in [6.07, 6.45) is 4.82. The number of carbonyl (C=O) groups excluding carboxylic acids is 2. The van der Waals surface area contributed by atoms with Gasteiger partial charge in [0.1, 0.15) is 5.54 Å². The van der Waals surface area contributed by atoms with E-state index >= 15 is 0 Å². The molecule has 7 heteroatoms. The van der Waals surface area contributed by atoms with Gasteiger partial charge in [0.25, 0.3) is 5.91 Å². The number of hydrogen-bond acceptors (Lipinski definition) is 5. The van der Waals surface area contributed by atoms with E-state index in [4.69, 9.17) is 4.74 Å². The first-order chi connectivity index (χ1) is 11.2. The lowest BCUT2D eigenvalue weighted by atomic mass is 9.81. The van der Waals surface area contributed by atoms with Crippen LogP contribution in [0.2, 0.25) is 0 Å². The monoisotopic (exact) mass is 353 g/mol. The summed E-state index contributed by atoms with van der Waals surface area (Å²) in [6.45, 7) is 1.73. The van der Waals surface area contributed by atoms with E-state index in [1.807, 2.05) is 0 Å². The van der Waals surface area contributed by atoms with Gasteiger partial charge in [0.05, 0.1) is 12.0 Å². The van der Waals surface area contributed by atoms with Crippen molar-refractivity contribution in [2.75, 3.05) is 13.4 Å². The van der Waals surface area contributed by atoms with Crippen molar-refractivity contribution < 1.29 is 22.7 Å². The molecule has 1 fully saturated rings. The second kappa shape index (κ2) is 6.93. The lowest BCUT2D eigenvalue weighted by Gasteiger charge is -2.35. The van der Waals surface area contributed by atoms with Gasteiger partial charge in [-0.2, -0.15) is 0 Å². The second-order valence-corrected chi connectivity index (χ2v) is 8.35. The summed E-state index contributed by atoms with van der Waals surface area (Å²) in [4.78, 5) is 25.0. The highest BCUT2D eigenvalue weighted by molar-refractivity contribution is 7.90. The third kappa shape index (κ3) is 3.77. The molecule has 2 rings (SSSR count). The zero-order valence-electron chi connectivity index (χ0n) is 14.2. The normalized spacial score (nSPS) is 17.1. The predicted molar refractivity (Wildman–Crippen MR) is 89.6 cm³/mol. The van der Waals surface area contributed by atoms with Gasteiger partial charge < -0.3 is 10.1 Å². The van der Waals surface area contributed by atoms with E-state index in [-0.39, 0.29) is 10.5 Å². The van der Waals surface area contributed by atoms with Crippen LogP contribution >= 0.6 is 0 Å². The quantitative estimate of drug-likeness (QED) is 0.836. The number of hydrogen-bond donors (Lipinski definition) is 1. The molecule has 0 bridgehead atoms. The van der Waals surface area contributed by atoms with Crippen LogP contribution in [0.5, 0.6) is 0 Å². The van der Waals surface area contributed by atoms with E-state index in [1.54, 1.807) is 13.0 Å². The van der Waals surface area contributed by atoms with Crippen molar-refractivity contribution in [1.29, 1.82) is 0 Å². The van der Waals surface area contributed by atoms with Crippen molar-refractivity contribution in [3.8, 4) is 0 Å². The van der Waals surface area contributed by atoms with Crippen LogP contribution in [0.15, 0.2) is 23.1 Å². The number of rotatable bonds is 4. The topological polar surface area (TPSA) is 89.5 Å². The highest BCUT2D eigenvalue weighted by atomic mass is 32.2. The maximum Gasteiger partial charge on any atom is 0.331 e. The molecule has 0 heterocycles. The zero-order valence-corrected chi connectivity index (χ0v) is 15.0. The minimum atomic E-state index is -3.42. The first-order valence-electron chi connectivity index (χ1n) is 7.91. The van der Waals surface area contributed by atoms with E-state index in [2.05, 4.69) is 5.32 Å². The summed E-state index contributed by atoms with van der Waals surface area (Å²) in [5, 5.41) is 2.81. The van der Waals surface area contributed by atoms with Gasteiger partial charge in [-0.15, -0.1) is 0 Å². The number of benzene rings is 1. The summed E-state index contributed by atoms with van der Waals surface area (Å²) in [5.74, 6) is -0.905. The van der Waals surface area contributed by atoms with Gasteiger partial charge >= 0.3 is 5.97 Å². The van der Waals surface area contributed by atoms with Crippen molar-refractivity contribution in [2.45, 2.75) is 49.5 Å². The number of aryl methyl sites for hydroxylation is 1. The molecule has 0 spiro atoms. The third-order valence-electron chi connectivity index (χ3n) is 4.52. The second-order valence-electron chi connectivity index (χ2n) is 6.34. The number of ether oxygens (including phenoxy) is 1. The Labute approximate surface area is 142 Å². The van der Waals surface area contributed by atoms with Crippen LogP contribution in [0.3, 0.4) is 0 Å². The number of sulfone groups is 1. The Morgan fingerprint density at radius 1 is 1.17 bits per heavy atom. The van der Waals surface area contributed by atoms with Crippen LogP contribution in [0.4, 0.5) is 0 Å². The minimum Gasteiger partial charge on any atom is -0.467 e. The molecule has 0 aromatic heterocycles. The fourth-order valence-electron chi connectivity index (χ4n) is 3.09. The number of nitrogens with one attached hydrogen (secondary N) is 1. The number of esters is 1. The average molecular weight is 353 g/mol. The van der Waals surface area contributed by atoms with Crippen molar-refractivity contribution in [1.82, 2.24) is 5.32 Å². The van der Waals surface area contributed by atoms with Crippen LogP contribution in [-0.2, 0) is 19.4 Å². The summed E-state index contributed by atoms with van der Waals surface area (Å²) in [7, 11) is -2.11. The lowest BCUT2D eigenvalue weighted by molar-refractivity contribution is -0.149. The summed E-state index contributed by atoms with van der Waals surface area (Å²) < 4.78 is 28.3. The van der Waals surface area contributed by atoms with E-state index in [1.165, 1.54) is 19.2 Å². The smallest absolute Gasteiger partial charge is 0.331 e. The first kappa shape index (κ1) is 18.4. The molecule has 0 atom stereocenters. The maximum absolute atomic E-state index is 12.7. The van der Waals surface area contributed by atoms with Gasteiger partial charge in [0.2, 0.25) is 0 Å². The van der Waals surface area contributed by atoms with Crippen LogP contribution in [0.25, 0.3) is 0 Å². The zero-order chi connectivity index (χ0) is 18.0. The van der Waals surface area contributed by atoms with Crippen LogP contribution in [-0.4, -0.2) is 39.2 Å². The van der Waals surface area contributed by atoms with Gasteiger partial charge in [0, 0.05) is 11.8 Å². The molecule has 1 amide bonds. The maximum atomic E-state index is 12.7. The Morgan fingerprint density at radius 3 is 2.33 bits per heavy atom. The van der Waals surface area contributed by atoms with Crippen LogP contribution < -0.4 is 5.32 Å². The van der Waals surface area contributed by atoms with Crippen molar-refractivity contribution in [3.63, 3.8) is 0 Å². The average Bonchev–Trinajstić information content (AvgIpc) is 2.54. The van der Waals surface area contributed by atoms with Gasteiger partial charge in [-0.05, 0) is 37.5 Å².